The SMILES string of the molecule is c1ccc(-c2ccc3c(c2)-c2cccc4c(-c5cccc(-c6c7ccccc7c(-c7ccccc7)c7ccccc67)c5)ccc(c24)O3)cc1. The van der Waals surface area contributed by atoms with Gasteiger partial charge in [-0.2, -0.15) is 0 Å². The summed E-state index contributed by atoms with van der Waals surface area (Å²) < 4.78 is 6.57. The predicted octanol–water partition coefficient (Wildman–Crippen LogP) is 13.6. The van der Waals surface area contributed by atoms with Gasteiger partial charge in [-0.3, -0.25) is 0 Å². The summed E-state index contributed by atoms with van der Waals surface area (Å²) in [5.41, 5.74) is 12.1. The molecule has 1 aliphatic rings. The average Bonchev–Trinajstić information content (AvgIpc) is 3.17. The lowest BCUT2D eigenvalue weighted by molar-refractivity contribution is 0.487. The van der Waals surface area contributed by atoms with Crippen molar-refractivity contribution in [2.24, 2.45) is 0 Å². The molecule has 0 aliphatic carbocycles. The molecule has 0 fully saturated rings. The van der Waals surface area contributed by atoms with Gasteiger partial charge in [0.15, 0.2) is 0 Å². The van der Waals surface area contributed by atoms with Gasteiger partial charge in [0, 0.05) is 10.9 Å². The van der Waals surface area contributed by atoms with Crippen LogP contribution < -0.4 is 4.74 Å². The van der Waals surface area contributed by atoms with Crippen LogP contribution in [0.2, 0.25) is 0 Å². The Kier molecular flexibility index (Phi) is 6.25. The van der Waals surface area contributed by atoms with E-state index in [-0.39, 0.29) is 0 Å². The molecule has 1 heterocycles. The van der Waals surface area contributed by atoms with E-state index in [4.69, 9.17) is 4.74 Å². The zero-order chi connectivity index (χ0) is 32.3. The number of rotatable bonds is 4. The number of benzene rings is 9. The molecule has 49 heavy (non-hydrogen) atoms. The minimum absolute atomic E-state index is 0.895. The molecule has 0 spiro atoms. The highest BCUT2D eigenvalue weighted by Crippen LogP contribution is 2.50. The van der Waals surface area contributed by atoms with Crippen LogP contribution in [0, 0.1) is 0 Å². The van der Waals surface area contributed by atoms with Crippen LogP contribution >= 0.6 is 0 Å². The van der Waals surface area contributed by atoms with E-state index in [0.29, 0.717) is 0 Å². The smallest absolute Gasteiger partial charge is 0.135 e. The van der Waals surface area contributed by atoms with Gasteiger partial charge in [0.05, 0.1) is 0 Å². The number of hydrogen-bond acceptors (Lipinski definition) is 1. The molecule has 1 heteroatoms. The molecule has 0 atom stereocenters. The fourth-order valence-electron chi connectivity index (χ4n) is 7.89. The van der Waals surface area contributed by atoms with Crippen LogP contribution in [-0.2, 0) is 0 Å². The van der Waals surface area contributed by atoms with E-state index < -0.39 is 0 Å². The monoisotopic (exact) mass is 622 g/mol. The largest absolute Gasteiger partial charge is 0.456 e. The summed E-state index contributed by atoms with van der Waals surface area (Å²) in [5.74, 6) is 1.80. The molecule has 1 nitrogen and oxygen atoms in total. The first kappa shape index (κ1) is 27.7. The minimum atomic E-state index is 0.895. The van der Waals surface area contributed by atoms with Crippen molar-refractivity contribution in [3.05, 3.63) is 182 Å². The summed E-state index contributed by atoms with van der Waals surface area (Å²) in [7, 11) is 0. The van der Waals surface area contributed by atoms with Crippen molar-refractivity contribution in [2.75, 3.05) is 0 Å². The molecule has 1 aliphatic heterocycles. The Morgan fingerprint density at radius 2 is 0.796 bits per heavy atom. The van der Waals surface area contributed by atoms with Crippen molar-refractivity contribution in [2.45, 2.75) is 0 Å². The maximum Gasteiger partial charge on any atom is 0.135 e. The Morgan fingerprint density at radius 1 is 0.265 bits per heavy atom. The second kappa shape index (κ2) is 11.1. The standard InChI is InChI=1S/C48H30O/c1-3-13-31(14-4-1)33-25-27-44-43(30-33)42-24-12-23-37-36(26-28-45(49-44)48(37)42)34-17-11-18-35(29-34)47-40-21-9-7-19-38(40)46(32-15-5-2-6-16-32)39-20-8-10-22-41(39)47/h1-30H. The molecule has 10 rings (SSSR count). The van der Waals surface area contributed by atoms with Crippen LogP contribution in [0.1, 0.15) is 0 Å². The van der Waals surface area contributed by atoms with Crippen molar-refractivity contribution >= 4 is 32.3 Å². The van der Waals surface area contributed by atoms with Crippen LogP contribution in [0.15, 0.2) is 182 Å². The summed E-state index contributed by atoms with van der Waals surface area (Å²) in [6.07, 6.45) is 0. The highest BCUT2D eigenvalue weighted by molar-refractivity contribution is 6.21. The van der Waals surface area contributed by atoms with Gasteiger partial charge in [-0.15, -0.1) is 0 Å². The molecule has 0 amide bonds. The maximum absolute atomic E-state index is 6.57. The molecule has 0 radical (unpaired) electrons. The van der Waals surface area contributed by atoms with Crippen molar-refractivity contribution in [3.8, 4) is 67.1 Å². The van der Waals surface area contributed by atoms with Crippen molar-refractivity contribution in [3.63, 3.8) is 0 Å². The molecular formula is C48H30O. The van der Waals surface area contributed by atoms with Crippen LogP contribution in [0.25, 0.3) is 88.0 Å². The van der Waals surface area contributed by atoms with Crippen molar-refractivity contribution < 1.29 is 4.74 Å². The molecule has 0 saturated heterocycles. The molecule has 0 aromatic heterocycles. The number of fused-ring (bicyclic) bond motifs is 4. The van der Waals surface area contributed by atoms with Gasteiger partial charge in [0.25, 0.3) is 0 Å². The molecule has 0 unspecified atom stereocenters. The lowest BCUT2D eigenvalue weighted by atomic mass is 9.85. The van der Waals surface area contributed by atoms with Gasteiger partial charge in [-0.1, -0.05) is 158 Å². The molecule has 0 bridgehead atoms. The van der Waals surface area contributed by atoms with Crippen LogP contribution in [0.3, 0.4) is 0 Å². The van der Waals surface area contributed by atoms with E-state index in [1.54, 1.807) is 0 Å². The van der Waals surface area contributed by atoms with Crippen molar-refractivity contribution in [1.29, 1.82) is 0 Å². The number of ether oxygens (including phenoxy) is 1. The van der Waals surface area contributed by atoms with E-state index >= 15 is 0 Å². The third kappa shape index (κ3) is 4.40. The summed E-state index contributed by atoms with van der Waals surface area (Å²) in [6, 6.07) is 65.6. The lowest BCUT2D eigenvalue weighted by Gasteiger charge is -2.23. The Bertz CT molecular complexity index is 2670. The molecule has 0 saturated carbocycles. The molecule has 9 aromatic rings. The fraction of sp³-hybridized carbons (Fsp3) is 0. The van der Waals surface area contributed by atoms with E-state index in [1.807, 2.05) is 0 Å². The molecule has 228 valence electrons. The quantitative estimate of drug-likeness (QED) is 0.177. The van der Waals surface area contributed by atoms with Crippen LogP contribution in [-0.4, -0.2) is 0 Å². The summed E-state index contributed by atoms with van der Waals surface area (Å²) >= 11 is 0. The van der Waals surface area contributed by atoms with Gasteiger partial charge in [-0.25, -0.2) is 0 Å². The Morgan fingerprint density at radius 3 is 1.49 bits per heavy atom. The number of hydrogen-bond donors (Lipinski definition) is 0. The fourth-order valence-corrected chi connectivity index (χ4v) is 7.89. The highest BCUT2D eigenvalue weighted by Gasteiger charge is 2.23. The van der Waals surface area contributed by atoms with Gasteiger partial charge >= 0.3 is 0 Å². The Balaban J connectivity index is 1.17. The first-order valence-corrected chi connectivity index (χ1v) is 16.8. The van der Waals surface area contributed by atoms with E-state index in [0.717, 1.165) is 22.4 Å². The first-order valence-electron chi connectivity index (χ1n) is 16.8. The molecule has 0 N–H and O–H groups in total. The first-order chi connectivity index (χ1) is 24.3. The van der Waals surface area contributed by atoms with Gasteiger partial charge in [-0.05, 0) is 101 Å². The minimum Gasteiger partial charge on any atom is -0.456 e. The normalized spacial score (nSPS) is 11.8. The molecule has 9 aromatic carbocycles. The third-order valence-electron chi connectivity index (χ3n) is 10.1. The topological polar surface area (TPSA) is 9.23 Å². The van der Waals surface area contributed by atoms with E-state index in [2.05, 4.69) is 182 Å². The second-order valence-corrected chi connectivity index (χ2v) is 12.8. The lowest BCUT2D eigenvalue weighted by Crippen LogP contribution is -1.98. The van der Waals surface area contributed by atoms with Crippen LogP contribution in [0.5, 0.6) is 11.5 Å². The van der Waals surface area contributed by atoms with Crippen molar-refractivity contribution in [1.82, 2.24) is 0 Å². The van der Waals surface area contributed by atoms with Gasteiger partial charge in [0.2, 0.25) is 0 Å². The zero-order valence-corrected chi connectivity index (χ0v) is 26.7. The third-order valence-corrected chi connectivity index (χ3v) is 10.1. The average molecular weight is 623 g/mol. The summed E-state index contributed by atoms with van der Waals surface area (Å²) in [6.45, 7) is 0. The zero-order valence-electron chi connectivity index (χ0n) is 26.7. The van der Waals surface area contributed by atoms with E-state index in [1.165, 1.54) is 77.0 Å². The highest BCUT2D eigenvalue weighted by atomic mass is 16.5. The predicted molar refractivity (Wildman–Crippen MR) is 206 cm³/mol. The van der Waals surface area contributed by atoms with Gasteiger partial charge in [0.1, 0.15) is 11.5 Å². The van der Waals surface area contributed by atoms with E-state index in [9.17, 15) is 0 Å². The van der Waals surface area contributed by atoms with Crippen LogP contribution in [0.4, 0.5) is 0 Å². The van der Waals surface area contributed by atoms with Gasteiger partial charge < -0.3 is 4.74 Å². The maximum atomic E-state index is 6.57. The summed E-state index contributed by atoms with van der Waals surface area (Å²) in [5, 5.41) is 7.39. The Hall–Kier alpha value is -6.44. The Labute approximate surface area is 285 Å². The second-order valence-electron chi connectivity index (χ2n) is 12.8. The summed E-state index contributed by atoms with van der Waals surface area (Å²) in [4.78, 5) is 0. The molecular weight excluding hydrogens is 593 g/mol.